The summed E-state index contributed by atoms with van der Waals surface area (Å²) >= 11 is 0. The van der Waals surface area contributed by atoms with E-state index in [0.717, 1.165) is 34.5 Å². The van der Waals surface area contributed by atoms with E-state index in [-0.39, 0.29) is 12.0 Å². The van der Waals surface area contributed by atoms with Crippen LogP contribution in [0.4, 0.5) is 5.95 Å². The van der Waals surface area contributed by atoms with Gasteiger partial charge in [-0.1, -0.05) is 18.2 Å². The van der Waals surface area contributed by atoms with Gasteiger partial charge in [-0.3, -0.25) is 4.79 Å². The van der Waals surface area contributed by atoms with Gasteiger partial charge in [0.25, 0.3) is 5.91 Å². The van der Waals surface area contributed by atoms with Crippen molar-refractivity contribution in [2.24, 2.45) is 0 Å². The molecule has 0 bridgehead atoms. The maximum Gasteiger partial charge on any atom is 0.251 e. The topological polar surface area (TPSA) is 80.2 Å². The Morgan fingerprint density at radius 1 is 1.14 bits per heavy atom. The molecule has 0 aliphatic carbocycles. The fourth-order valence-corrected chi connectivity index (χ4v) is 3.54. The van der Waals surface area contributed by atoms with Gasteiger partial charge in [-0.05, 0) is 32.0 Å². The monoisotopic (exact) mass is 377 g/mol. The molecule has 1 aliphatic rings. The number of nitrogens with zero attached hydrogens (tertiary/aromatic N) is 4. The molecule has 1 amide bonds. The molecule has 1 N–H and O–H groups in total. The number of carbonyl (C=O) groups excluding carboxylic acids is 1. The number of pyridine rings is 1. The number of ether oxygens (including phenoxy) is 1. The lowest BCUT2D eigenvalue weighted by Crippen LogP contribution is -2.40. The van der Waals surface area contributed by atoms with Crippen LogP contribution in [0.25, 0.3) is 10.9 Å². The van der Waals surface area contributed by atoms with E-state index in [2.05, 4.69) is 20.2 Å². The van der Waals surface area contributed by atoms with Crippen molar-refractivity contribution in [3.8, 4) is 0 Å². The minimum atomic E-state index is -0.258. The third-order valence-corrected chi connectivity index (χ3v) is 4.86. The molecule has 1 aliphatic heterocycles. The molecule has 2 aromatic heterocycles. The molecule has 3 heterocycles. The molecule has 0 unspecified atom stereocenters. The first-order valence-corrected chi connectivity index (χ1v) is 9.36. The number of morpholine rings is 1. The van der Waals surface area contributed by atoms with E-state index in [1.807, 2.05) is 50.2 Å². The molecule has 0 radical (unpaired) electrons. The summed E-state index contributed by atoms with van der Waals surface area (Å²) in [5, 5.41) is 3.54. The summed E-state index contributed by atoms with van der Waals surface area (Å²) in [5.74, 6) is 0.572. The number of amides is 1. The highest BCUT2D eigenvalue weighted by Crippen LogP contribution is 2.27. The molecule has 1 aromatic carbocycles. The van der Waals surface area contributed by atoms with Gasteiger partial charge in [0, 0.05) is 30.4 Å². The largest absolute Gasteiger partial charge is 0.368 e. The number of nitrogens with one attached hydrogen (secondary N) is 1. The molecular formula is C21H23N5O2. The molecule has 7 heteroatoms. The van der Waals surface area contributed by atoms with E-state index < -0.39 is 0 Å². The van der Waals surface area contributed by atoms with Crippen LogP contribution >= 0.6 is 0 Å². The molecule has 1 atom stereocenters. The molecule has 0 spiro atoms. The van der Waals surface area contributed by atoms with Crippen LogP contribution in [0.15, 0.2) is 36.4 Å². The highest BCUT2D eigenvalue weighted by Gasteiger charge is 2.26. The summed E-state index contributed by atoms with van der Waals surface area (Å²) in [7, 11) is 1.63. The van der Waals surface area contributed by atoms with E-state index >= 15 is 0 Å². The van der Waals surface area contributed by atoms with Crippen molar-refractivity contribution in [1.82, 2.24) is 20.3 Å². The molecule has 144 valence electrons. The zero-order chi connectivity index (χ0) is 19.7. The van der Waals surface area contributed by atoms with Gasteiger partial charge in [-0.25, -0.2) is 15.0 Å². The fourth-order valence-electron chi connectivity index (χ4n) is 3.54. The standard InChI is InChI=1S/C21H23N5O2/c1-13-10-14(2)24-21(23-13)26-8-9-28-19(12-26)18-11-16(20(27)22-3)15-6-4-5-7-17(15)25-18/h4-7,10-11,19H,8-9,12H2,1-3H3,(H,22,27)/t19-/m1/s1. The van der Waals surface area contributed by atoms with Crippen molar-refractivity contribution in [1.29, 1.82) is 0 Å². The van der Waals surface area contributed by atoms with Gasteiger partial charge in [0.05, 0.1) is 29.9 Å². The van der Waals surface area contributed by atoms with Crippen LogP contribution in [-0.2, 0) is 4.74 Å². The SMILES string of the molecule is CNC(=O)c1cc([C@H]2CN(c3nc(C)cc(C)n3)CCO2)nc2ccccc12. The van der Waals surface area contributed by atoms with Gasteiger partial charge in [0.2, 0.25) is 5.95 Å². The first kappa shape index (κ1) is 18.3. The molecule has 28 heavy (non-hydrogen) atoms. The zero-order valence-electron chi connectivity index (χ0n) is 16.3. The van der Waals surface area contributed by atoms with Gasteiger partial charge in [-0.15, -0.1) is 0 Å². The summed E-state index contributed by atoms with van der Waals surface area (Å²) < 4.78 is 6.00. The summed E-state index contributed by atoms with van der Waals surface area (Å²) in [5.41, 5.74) is 4.01. The number of aromatic nitrogens is 3. The Morgan fingerprint density at radius 3 is 2.64 bits per heavy atom. The molecule has 1 saturated heterocycles. The zero-order valence-corrected chi connectivity index (χ0v) is 16.3. The van der Waals surface area contributed by atoms with Crippen molar-refractivity contribution < 1.29 is 9.53 Å². The third-order valence-electron chi connectivity index (χ3n) is 4.86. The van der Waals surface area contributed by atoms with Gasteiger partial charge in [-0.2, -0.15) is 0 Å². The number of benzene rings is 1. The lowest BCUT2D eigenvalue weighted by atomic mass is 10.0. The molecule has 3 aromatic rings. The molecule has 4 rings (SSSR count). The predicted molar refractivity (Wildman–Crippen MR) is 108 cm³/mol. The average Bonchev–Trinajstić information content (AvgIpc) is 2.71. The van der Waals surface area contributed by atoms with Crippen LogP contribution in [0.5, 0.6) is 0 Å². The molecule has 0 saturated carbocycles. The minimum Gasteiger partial charge on any atom is -0.368 e. The van der Waals surface area contributed by atoms with Crippen molar-refractivity contribution >= 4 is 22.8 Å². The second kappa shape index (κ2) is 7.52. The van der Waals surface area contributed by atoms with Gasteiger partial charge in [0.1, 0.15) is 6.10 Å². The first-order valence-electron chi connectivity index (χ1n) is 9.36. The predicted octanol–water partition coefficient (Wildman–Crippen LogP) is 2.58. The Morgan fingerprint density at radius 2 is 1.89 bits per heavy atom. The number of aryl methyl sites for hydroxylation is 2. The Kier molecular flexibility index (Phi) is 4.92. The second-order valence-electron chi connectivity index (χ2n) is 6.95. The number of anilines is 1. The second-order valence-corrected chi connectivity index (χ2v) is 6.95. The van der Waals surface area contributed by atoms with Crippen LogP contribution in [0.2, 0.25) is 0 Å². The van der Waals surface area contributed by atoms with E-state index in [1.54, 1.807) is 7.05 Å². The molecule has 1 fully saturated rings. The van der Waals surface area contributed by atoms with E-state index in [9.17, 15) is 4.79 Å². The number of hydrogen-bond acceptors (Lipinski definition) is 6. The minimum absolute atomic E-state index is 0.134. The molecular weight excluding hydrogens is 354 g/mol. The third kappa shape index (κ3) is 3.53. The maximum absolute atomic E-state index is 12.4. The van der Waals surface area contributed by atoms with E-state index in [4.69, 9.17) is 9.72 Å². The number of carbonyl (C=O) groups is 1. The Bertz CT molecular complexity index is 1020. The number of fused-ring (bicyclic) bond motifs is 1. The van der Waals surface area contributed by atoms with Gasteiger partial charge in [0.15, 0.2) is 0 Å². The van der Waals surface area contributed by atoms with Crippen molar-refractivity contribution in [3.05, 3.63) is 59.0 Å². The van der Waals surface area contributed by atoms with Crippen LogP contribution in [0.3, 0.4) is 0 Å². The van der Waals surface area contributed by atoms with Crippen LogP contribution < -0.4 is 10.2 Å². The van der Waals surface area contributed by atoms with Crippen LogP contribution in [0, 0.1) is 13.8 Å². The number of rotatable bonds is 3. The quantitative estimate of drug-likeness (QED) is 0.756. The van der Waals surface area contributed by atoms with Gasteiger partial charge >= 0.3 is 0 Å². The Balaban J connectivity index is 1.70. The highest BCUT2D eigenvalue weighted by atomic mass is 16.5. The normalized spacial score (nSPS) is 17.0. The smallest absolute Gasteiger partial charge is 0.251 e. The van der Waals surface area contributed by atoms with Crippen molar-refractivity contribution in [2.45, 2.75) is 20.0 Å². The first-order chi connectivity index (χ1) is 13.5. The lowest BCUT2D eigenvalue weighted by molar-refractivity contribution is 0.0366. The summed E-state index contributed by atoms with van der Waals surface area (Å²) in [4.78, 5) is 28.4. The summed E-state index contributed by atoms with van der Waals surface area (Å²) in [6.07, 6.45) is -0.258. The Labute approximate surface area is 163 Å². The molecule has 7 nitrogen and oxygen atoms in total. The Hall–Kier alpha value is -3.06. The summed E-state index contributed by atoms with van der Waals surface area (Å²) in [6, 6.07) is 11.4. The van der Waals surface area contributed by atoms with E-state index in [0.29, 0.717) is 24.7 Å². The van der Waals surface area contributed by atoms with Crippen LogP contribution in [0.1, 0.15) is 33.5 Å². The fraction of sp³-hybridized carbons (Fsp3) is 0.333. The highest BCUT2D eigenvalue weighted by molar-refractivity contribution is 6.06. The van der Waals surface area contributed by atoms with Crippen molar-refractivity contribution in [2.75, 3.05) is 31.6 Å². The number of hydrogen-bond donors (Lipinski definition) is 1. The van der Waals surface area contributed by atoms with E-state index in [1.165, 1.54) is 0 Å². The average molecular weight is 377 g/mol. The van der Waals surface area contributed by atoms with Gasteiger partial charge < -0.3 is 15.0 Å². The lowest BCUT2D eigenvalue weighted by Gasteiger charge is -2.33. The maximum atomic E-state index is 12.4. The number of para-hydroxylation sites is 1. The van der Waals surface area contributed by atoms with Crippen LogP contribution in [-0.4, -0.2) is 47.6 Å². The summed E-state index contributed by atoms with van der Waals surface area (Å²) in [6.45, 7) is 5.79. The van der Waals surface area contributed by atoms with Crippen molar-refractivity contribution in [3.63, 3.8) is 0 Å².